The van der Waals surface area contributed by atoms with Gasteiger partial charge in [-0.25, -0.2) is 0 Å². The fourth-order valence-corrected chi connectivity index (χ4v) is 0. The summed E-state index contributed by atoms with van der Waals surface area (Å²) in [4.78, 5) is 0. The second kappa shape index (κ2) is 17.0. The summed E-state index contributed by atoms with van der Waals surface area (Å²) in [5.41, 5.74) is 0. The van der Waals surface area contributed by atoms with E-state index in [4.69, 9.17) is 0 Å². The van der Waals surface area contributed by atoms with E-state index in [1.165, 1.54) is 0 Å². The van der Waals surface area contributed by atoms with Crippen LogP contribution in [-0.4, -0.2) is 50.6 Å². The van der Waals surface area contributed by atoms with Crippen molar-refractivity contribution in [3.63, 3.8) is 0 Å². The molecular formula is BiMnSbZn. The fourth-order valence-electron chi connectivity index (χ4n) is 0. The Morgan fingerprint density at radius 1 is 1.00 bits per heavy atom. The first-order valence-corrected chi connectivity index (χ1v) is 0. The maximum absolute atomic E-state index is 0. The summed E-state index contributed by atoms with van der Waals surface area (Å²) in [6.07, 6.45) is 0. The van der Waals surface area contributed by atoms with Crippen molar-refractivity contribution < 1.29 is 36.5 Å². The van der Waals surface area contributed by atoms with Crippen LogP contribution in [-0.2, 0) is 36.5 Å². The molecule has 0 rings (SSSR count). The van der Waals surface area contributed by atoms with Crippen LogP contribution < -0.4 is 0 Å². The molecule has 0 saturated carbocycles. The quantitative estimate of drug-likeness (QED) is 0.425. The fraction of sp³-hybridized carbons (Fsp3) is 0. The smallest absolute Gasteiger partial charge is 0 e. The van der Waals surface area contributed by atoms with Gasteiger partial charge in [0, 0.05) is 87.2 Å². The molecule has 0 atom stereocenters. The maximum atomic E-state index is 0. The monoisotopic (exact) mass is 449 g/mol. The summed E-state index contributed by atoms with van der Waals surface area (Å²) in [5, 5.41) is 0. The molecule has 4 heteroatoms. The van der Waals surface area contributed by atoms with E-state index < -0.39 is 0 Å². The Morgan fingerprint density at radius 3 is 1.00 bits per heavy atom. The van der Waals surface area contributed by atoms with Gasteiger partial charge in [0.2, 0.25) is 0 Å². The SMILES string of the molecule is [Bi].[Mn].[Sb].[Zn]. The molecule has 0 saturated heterocycles. The number of hydrogen-bond donors (Lipinski definition) is 0. The Labute approximate surface area is 85.7 Å². The molecule has 0 N–H and O–H groups in total. The molecule has 0 aliphatic heterocycles. The zero-order chi connectivity index (χ0) is 0. The molecule has 0 aliphatic rings. The third-order valence-corrected chi connectivity index (χ3v) is 0. The molecule has 0 unspecified atom stereocenters. The van der Waals surface area contributed by atoms with Gasteiger partial charge in [-0.1, -0.05) is 0 Å². The number of hydrogen-bond acceptors (Lipinski definition) is 0. The van der Waals surface area contributed by atoms with Crippen LogP contribution in [0.2, 0.25) is 0 Å². The van der Waals surface area contributed by atoms with E-state index in [1.807, 2.05) is 0 Å². The molecule has 0 spiro atoms. The molecule has 19 valence electrons. The van der Waals surface area contributed by atoms with Gasteiger partial charge in [-0.2, -0.15) is 0 Å². The van der Waals surface area contributed by atoms with Crippen LogP contribution in [0.3, 0.4) is 0 Å². The zero-order valence-corrected chi connectivity index (χ0v) is 12.2. The Kier molecular flexibility index (Phi) is 122. The van der Waals surface area contributed by atoms with Crippen LogP contribution in [0.1, 0.15) is 0 Å². The van der Waals surface area contributed by atoms with Crippen molar-refractivity contribution in [2.45, 2.75) is 0 Å². The third-order valence-electron chi connectivity index (χ3n) is 0. The standard InChI is InChI=1S/Bi.Mn.Sb.Zn. The van der Waals surface area contributed by atoms with Gasteiger partial charge in [0.25, 0.3) is 0 Å². The Morgan fingerprint density at radius 2 is 1.00 bits per heavy atom. The van der Waals surface area contributed by atoms with Gasteiger partial charge in [-0.05, 0) is 0 Å². The predicted molar refractivity (Wildman–Crippen MR) is 11.5 cm³/mol. The first kappa shape index (κ1) is 28.9. The van der Waals surface area contributed by atoms with Gasteiger partial charge in [0.15, 0.2) is 0 Å². The Balaban J connectivity index is 0. The summed E-state index contributed by atoms with van der Waals surface area (Å²) >= 11 is 0. The minimum atomic E-state index is 0. The van der Waals surface area contributed by atoms with Crippen LogP contribution in [0.15, 0.2) is 0 Å². The molecule has 4 heavy (non-hydrogen) atoms. The van der Waals surface area contributed by atoms with E-state index in [9.17, 15) is 0 Å². The zero-order valence-electron chi connectivity index (χ0n) is 1.98. The first-order valence-electron chi connectivity index (χ1n) is 0. The summed E-state index contributed by atoms with van der Waals surface area (Å²) in [7, 11) is 0. The van der Waals surface area contributed by atoms with Crippen molar-refractivity contribution in [1.82, 2.24) is 0 Å². The molecule has 7 radical (unpaired) electrons. The van der Waals surface area contributed by atoms with E-state index >= 15 is 0 Å². The predicted octanol–water partition coefficient (Wildman–Crippen LogP) is -0.767. The van der Waals surface area contributed by atoms with Crippen LogP contribution in [0.4, 0.5) is 0 Å². The van der Waals surface area contributed by atoms with Crippen LogP contribution in [0.5, 0.6) is 0 Å². The Hall–Kier alpha value is 2.84. The van der Waals surface area contributed by atoms with E-state index in [1.54, 1.807) is 0 Å². The van der Waals surface area contributed by atoms with E-state index in [0.717, 1.165) is 0 Å². The van der Waals surface area contributed by atoms with Gasteiger partial charge in [0.05, 0.1) is 0 Å². The van der Waals surface area contributed by atoms with Gasteiger partial charge in [0.1, 0.15) is 0 Å². The van der Waals surface area contributed by atoms with E-state index in [0.29, 0.717) is 0 Å². The molecule has 0 fully saturated rings. The van der Waals surface area contributed by atoms with Crippen molar-refractivity contribution >= 4 is 50.6 Å². The molecular weight excluding hydrogens is 451 g/mol. The van der Waals surface area contributed by atoms with Gasteiger partial charge in [-0.15, -0.1) is 0 Å². The van der Waals surface area contributed by atoms with Crippen LogP contribution in [0.25, 0.3) is 0 Å². The number of rotatable bonds is 0. The molecule has 0 aromatic carbocycles. The Bertz CT molecular complexity index is 8.00. The van der Waals surface area contributed by atoms with Crippen molar-refractivity contribution in [3.05, 3.63) is 0 Å². The normalized spacial score (nSPS) is 0. The first-order chi connectivity index (χ1) is 0. The molecule has 0 bridgehead atoms. The summed E-state index contributed by atoms with van der Waals surface area (Å²) in [6, 6.07) is 0. The summed E-state index contributed by atoms with van der Waals surface area (Å²) in [6.45, 7) is 0. The average Bonchev–Trinajstić information content (AvgIpc) is 0. The average molecular weight is 451 g/mol. The second-order valence-electron chi connectivity index (χ2n) is 0. The maximum Gasteiger partial charge on any atom is 0 e. The second-order valence-corrected chi connectivity index (χ2v) is 0. The minimum Gasteiger partial charge on any atom is 0 e. The van der Waals surface area contributed by atoms with Crippen LogP contribution >= 0.6 is 0 Å². The van der Waals surface area contributed by atoms with Crippen molar-refractivity contribution in [3.8, 4) is 0 Å². The van der Waals surface area contributed by atoms with Crippen LogP contribution in [0, 0.1) is 0 Å². The molecule has 0 amide bonds. The van der Waals surface area contributed by atoms with Gasteiger partial charge in [-0.3, -0.25) is 0 Å². The van der Waals surface area contributed by atoms with Gasteiger partial charge >= 0.3 is 0 Å². The van der Waals surface area contributed by atoms with E-state index in [2.05, 4.69) is 0 Å². The molecule has 0 aromatic rings. The van der Waals surface area contributed by atoms with E-state index in [-0.39, 0.29) is 87.2 Å². The topological polar surface area (TPSA) is 0 Å². The molecule has 0 heterocycles. The van der Waals surface area contributed by atoms with Crippen molar-refractivity contribution in [2.75, 3.05) is 0 Å². The third kappa shape index (κ3) is 8.85. The molecule has 0 aromatic heterocycles. The summed E-state index contributed by atoms with van der Waals surface area (Å²) in [5.74, 6) is 0. The van der Waals surface area contributed by atoms with Crippen molar-refractivity contribution in [2.24, 2.45) is 0 Å². The van der Waals surface area contributed by atoms with Crippen molar-refractivity contribution in [1.29, 1.82) is 0 Å². The summed E-state index contributed by atoms with van der Waals surface area (Å²) < 4.78 is 0. The minimum absolute atomic E-state index is 0. The molecule has 0 aliphatic carbocycles. The molecule has 0 nitrogen and oxygen atoms in total. The largest absolute Gasteiger partial charge is 0 e. The van der Waals surface area contributed by atoms with Gasteiger partial charge < -0.3 is 0 Å².